The fraction of sp³-hybridized carbons (Fsp3) is 0.481. The molecule has 160 valence electrons. The number of hydrogen-bond donors (Lipinski definition) is 1. The van der Waals surface area contributed by atoms with Crippen LogP contribution in [-0.4, -0.2) is 6.54 Å². The third kappa shape index (κ3) is 7.04. The third-order valence-electron chi connectivity index (χ3n) is 5.65. The summed E-state index contributed by atoms with van der Waals surface area (Å²) in [7, 11) is 0. The van der Waals surface area contributed by atoms with Gasteiger partial charge in [-0.05, 0) is 69.2 Å². The van der Waals surface area contributed by atoms with Gasteiger partial charge in [0.1, 0.15) is 0 Å². The molecule has 2 heteroatoms. The first kappa shape index (κ1) is 25.0. The lowest BCUT2D eigenvalue weighted by Gasteiger charge is -2.32. The van der Waals surface area contributed by atoms with Crippen LogP contribution in [0, 0.1) is 5.92 Å². The maximum Gasteiger partial charge on any atom is 0.0455 e. The fourth-order valence-corrected chi connectivity index (χ4v) is 3.58. The molecule has 1 aromatic rings. The Balaban J connectivity index is 3.44. The van der Waals surface area contributed by atoms with Crippen LogP contribution in [0.5, 0.6) is 0 Å². The van der Waals surface area contributed by atoms with Gasteiger partial charge in [-0.2, -0.15) is 0 Å². The Kier molecular flexibility index (Phi) is 10.8. The SMILES string of the molecule is C=C(C)C(C)Cc1ccc(N(C(=C)CCC)/C(CN)=C(CCC)\C(C)=C\C)cc1. The lowest BCUT2D eigenvalue weighted by Crippen LogP contribution is -2.28. The molecule has 0 bridgehead atoms. The molecular weight excluding hydrogens is 352 g/mol. The molecule has 29 heavy (non-hydrogen) atoms. The number of hydrogen-bond acceptors (Lipinski definition) is 2. The monoisotopic (exact) mass is 394 g/mol. The van der Waals surface area contributed by atoms with Crippen LogP contribution < -0.4 is 10.6 Å². The van der Waals surface area contributed by atoms with E-state index in [4.69, 9.17) is 5.73 Å². The summed E-state index contributed by atoms with van der Waals surface area (Å²) in [5.74, 6) is 0.486. The van der Waals surface area contributed by atoms with Gasteiger partial charge in [-0.25, -0.2) is 0 Å². The van der Waals surface area contributed by atoms with Gasteiger partial charge in [0.15, 0.2) is 0 Å². The maximum absolute atomic E-state index is 6.32. The number of allylic oxidation sites excluding steroid dienone is 5. The van der Waals surface area contributed by atoms with E-state index in [1.54, 1.807) is 0 Å². The standard InChI is InChI=1S/C27H42N2/c1-9-12-23(8)29(27(19-28)26(13-10-2)21(6)11-3)25-16-14-24(15-17-25)18-22(7)20(4)5/h11,14-17,22H,4,8-10,12-13,18-19,28H2,1-3,5-7H3/b21-11+,27-26-. The van der Waals surface area contributed by atoms with Gasteiger partial charge in [-0.3, -0.25) is 0 Å². The summed E-state index contributed by atoms with van der Waals surface area (Å²) < 4.78 is 0. The maximum atomic E-state index is 6.32. The smallest absolute Gasteiger partial charge is 0.0455 e. The van der Waals surface area contributed by atoms with Crippen LogP contribution >= 0.6 is 0 Å². The van der Waals surface area contributed by atoms with Crippen molar-refractivity contribution in [2.24, 2.45) is 11.7 Å². The van der Waals surface area contributed by atoms with Gasteiger partial charge in [0, 0.05) is 23.6 Å². The molecule has 1 rings (SSSR count). The summed E-state index contributed by atoms with van der Waals surface area (Å²) in [4.78, 5) is 2.30. The average molecular weight is 395 g/mol. The molecule has 0 fully saturated rings. The Morgan fingerprint density at radius 2 is 1.66 bits per heavy atom. The van der Waals surface area contributed by atoms with Crippen LogP contribution in [0.1, 0.15) is 72.8 Å². The van der Waals surface area contributed by atoms with Gasteiger partial charge in [-0.1, -0.05) is 76.1 Å². The molecule has 0 amide bonds. The van der Waals surface area contributed by atoms with E-state index in [2.05, 4.69) is 89.9 Å². The lowest BCUT2D eigenvalue weighted by molar-refractivity contribution is 0.680. The van der Waals surface area contributed by atoms with E-state index >= 15 is 0 Å². The van der Waals surface area contributed by atoms with Crippen molar-refractivity contribution in [2.45, 2.75) is 73.6 Å². The van der Waals surface area contributed by atoms with Gasteiger partial charge < -0.3 is 10.6 Å². The molecule has 0 saturated heterocycles. The van der Waals surface area contributed by atoms with Crippen molar-refractivity contribution in [1.82, 2.24) is 0 Å². The number of anilines is 1. The zero-order valence-electron chi connectivity index (χ0n) is 19.6. The van der Waals surface area contributed by atoms with Crippen molar-refractivity contribution in [3.05, 3.63) is 77.2 Å². The Labute approximate surface area is 179 Å². The van der Waals surface area contributed by atoms with Crippen molar-refractivity contribution >= 4 is 5.69 Å². The van der Waals surface area contributed by atoms with Gasteiger partial charge >= 0.3 is 0 Å². The molecule has 0 aliphatic heterocycles. The molecule has 0 aromatic heterocycles. The number of rotatable bonds is 12. The molecular formula is C27H42N2. The first-order valence-corrected chi connectivity index (χ1v) is 11.1. The summed E-state index contributed by atoms with van der Waals surface area (Å²) in [6, 6.07) is 8.89. The number of nitrogens with two attached hydrogens (primary N) is 1. The quantitative estimate of drug-likeness (QED) is 0.293. The van der Waals surface area contributed by atoms with Crippen molar-refractivity contribution in [1.29, 1.82) is 0 Å². The van der Waals surface area contributed by atoms with E-state index in [0.717, 1.165) is 43.5 Å². The highest BCUT2D eigenvalue weighted by atomic mass is 15.2. The Morgan fingerprint density at radius 1 is 1.07 bits per heavy atom. The lowest BCUT2D eigenvalue weighted by atomic mass is 9.95. The van der Waals surface area contributed by atoms with E-state index in [0.29, 0.717) is 12.5 Å². The van der Waals surface area contributed by atoms with E-state index in [1.165, 1.54) is 28.0 Å². The van der Waals surface area contributed by atoms with Crippen LogP contribution in [0.25, 0.3) is 0 Å². The minimum atomic E-state index is 0.486. The fourth-order valence-electron chi connectivity index (χ4n) is 3.58. The second-order valence-electron chi connectivity index (χ2n) is 8.12. The number of benzene rings is 1. The zero-order valence-corrected chi connectivity index (χ0v) is 19.6. The van der Waals surface area contributed by atoms with E-state index in [-0.39, 0.29) is 0 Å². The van der Waals surface area contributed by atoms with Crippen molar-refractivity contribution in [3.63, 3.8) is 0 Å². The zero-order chi connectivity index (χ0) is 22.0. The average Bonchev–Trinajstić information content (AvgIpc) is 2.70. The van der Waals surface area contributed by atoms with Crippen molar-refractivity contribution in [2.75, 3.05) is 11.4 Å². The Bertz CT molecular complexity index is 734. The minimum Gasteiger partial charge on any atom is -0.325 e. The molecule has 0 aliphatic rings. The van der Waals surface area contributed by atoms with Gasteiger partial charge in [-0.15, -0.1) is 0 Å². The third-order valence-corrected chi connectivity index (χ3v) is 5.65. The Morgan fingerprint density at radius 3 is 2.10 bits per heavy atom. The molecule has 0 saturated carbocycles. The predicted octanol–water partition coefficient (Wildman–Crippen LogP) is 7.54. The predicted molar refractivity (Wildman–Crippen MR) is 131 cm³/mol. The second kappa shape index (κ2) is 12.5. The molecule has 0 spiro atoms. The first-order chi connectivity index (χ1) is 13.8. The van der Waals surface area contributed by atoms with Crippen LogP contribution in [0.2, 0.25) is 0 Å². The molecule has 0 radical (unpaired) electrons. The molecule has 2 N–H and O–H groups in total. The summed E-state index contributed by atoms with van der Waals surface area (Å²) in [5, 5.41) is 0. The highest BCUT2D eigenvalue weighted by molar-refractivity contribution is 5.61. The second-order valence-corrected chi connectivity index (χ2v) is 8.12. The highest BCUT2D eigenvalue weighted by Gasteiger charge is 2.19. The molecule has 0 aliphatic carbocycles. The van der Waals surface area contributed by atoms with Crippen LogP contribution in [0.15, 0.2) is 71.6 Å². The van der Waals surface area contributed by atoms with Gasteiger partial charge in [0.25, 0.3) is 0 Å². The molecule has 0 heterocycles. The topological polar surface area (TPSA) is 29.3 Å². The molecule has 1 unspecified atom stereocenters. The van der Waals surface area contributed by atoms with E-state index in [9.17, 15) is 0 Å². The first-order valence-electron chi connectivity index (χ1n) is 11.1. The van der Waals surface area contributed by atoms with E-state index in [1.807, 2.05) is 0 Å². The van der Waals surface area contributed by atoms with E-state index < -0.39 is 0 Å². The van der Waals surface area contributed by atoms with Crippen LogP contribution in [0.3, 0.4) is 0 Å². The van der Waals surface area contributed by atoms with Crippen LogP contribution in [-0.2, 0) is 6.42 Å². The normalized spacial score (nSPS) is 13.7. The summed E-state index contributed by atoms with van der Waals surface area (Å²) in [6.45, 7) is 22.0. The molecule has 1 aromatic carbocycles. The van der Waals surface area contributed by atoms with Crippen molar-refractivity contribution < 1.29 is 0 Å². The largest absolute Gasteiger partial charge is 0.325 e. The summed E-state index contributed by atoms with van der Waals surface area (Å²) in [5.41, 5.74) is 14.9. The minimum absolute atomic E-state index is 0.486. The molecule has 1 atom stereocenters. The molecule has 2 nitrogen and oxygen atoms in total. The summed E-state index contributed by atoms with van der Waals surface area (Å²) >= 11 is 0. The van der Waals surface area contributed by atoms with Gasteiger partial charge in [0.05, 0.1) is 0 Å². The van der Waals surface area contributed by atoms with Crippen molar-refractivity contribution in [3.8, 4) is 0 Å². The van der Waals surface area contributed by atoms with Gasteiger partial charge in [0.2, 0.25) is 0 Å². The summed E-state index contributed by atoms with van der Waals surface area (Å²) in [6.07, 6.45) is 7.33. The highest BCUT2D eigenvalue weighted by Crippen LogP contribution is 2.31. The Hall–Kier alpha value is -2.06. The van der Waals surface area contributed by atoms with Crippen LogP contribution in [0.4, 0.5) is 5.69 Å². The number of nitrogens with zero attached hydrogens (tertiary/aromatic N) is 1.